The summed E-state index contributed by atoms with van der Waals surface area (Å²) in [5.74, 6) is -4.41. The molecule has 1 aliphatic heterocycles. The third-order valence-corrected chi connectivity index (χ3v) is 10.8. The van der Waals surface area contributed by atoms with Crippen LogP contribution < -0.4 is 0 Å². The minimum absolute atomic E-state index is 0.0513. The molecule has 0 spiro atoms. The van der Waals surface area contributed by atoms with Crippen molar-refractivity contribution in [3.8, 4) is 0 Å². The number of carbonyl (C=O) groups excluding carboxylic acids is 5. The Kier molecular flexibility index (Phi) is 11.9. The summed E-state index contributed by atoms with van der Waals surface area (Å²) in [5, 5.41) is 12.4. The second-order valence-corrected chi connectivity index (χ2v) is 13.3. The van der Waals surface area contributed by atoms with E-state index in [1.807, 2.05) is 13.8 Å². The predicted molar refractivity (Wildman–Crippen MR) is 167 cm³/mol. The highest BCUT2D eigenvalue weighted by Crippen LogP contribution is 2.66. The molecular formula is C34H47ClO11. The highest BCUT2D eigenvalue weighted by molar-refractivity contribution is 6.18. The molecule has 12 heteroatoms. The van der Waals surface area contributed by atoms with E-state index in [0.717, 1.165) is 0 Å². The lowest BCUT2D eigenvalue weighted by atomic mass is 9.41. The SMILES string of the molecule is CC=C(C)C(=O)OC(CC1(C)C(C)CC(OC(C)=O)C2(COC(C)=O)C1C(OC(=O)C(C)=CC)CCC2(O)CCl)C1=CC(=O)OC1. The molecule has 2 saturated carbocycles. The molecule has 0 bridgehead atoms. The molecule has 0 amide bonds. The Hall–Kier alpha value is -3.18. The summed E-state index contributed by atoms with van der Waals surface area (Å²) in [4.78, 5) is 63.5. The number of hydrogen-bond acceptors (Lipinski definition) is 11. The van der Waals surface area contributed by atoms with Gasteiger partial charge in [0.25, 0.3) is 0 Å². The van der Waals surface area contributed by atoms with Crippen LogP contribution in [0.5, 0.6) is 0 Å². The first kappa shape index (κ1) is 37.3. The van der Waals surface area contributed by atoms with E-state index in [9.17, 15) is 29.1 Å². The van der Waals surface area contributed by atoms with Gasteiger partial charge >= 0.3 is 29.8 Å². The molecule has 0 aromatic carbocycles. The molecule has 0 aromatic heterocycles. The normalized spacial score (nSPS) is 33.6. The molecule has 8 atom stereocenters. The average molecular weight is 667 g/mol. The molecule has 1 N–H and O–H groups in total. The van der Waals surface area contributed by atoms with Crippen LogP contribution >= 0.6 is 11.6 Å². The van der Waals surface area contributed by atoms with Crippen LogP contribution in [0, 0.1) is 22.7 Å². The van der Waals surface area contributed by atoms with E-state index in [1.54, 1.807) is 39.8 Å². The van der Waals surface area contributed by atoms with Gasteiger partial charge in [-0.15, -0.1) is 11.6 Å². The predicted octanol–water partition coefficient (Wildman–Crippen LogP) is 4.52. The van der Waals surface area contributed by atoms with Crippen molar-refractivity contribution in [1.29, 1.82) is 0 Å². The Balaban J connectivity index is 2.33. The van der Waals surface area contributed by atoms with Gasteiger partial charge in [0.1, 0.15) is 31.5 Å². The third kappa shape index (κ3) is 7.20. The summed E-state index contributed by atoms with van der Waals surface area (Å²) < 4.78 is 29.0. The van der Waals surface area contributed by atoms with E-state index in [2.05, 4.69) is 0 Å². The number of aliphatic hydroxyl groups is 1. The molecular weight excluding hydrogens is 620 g/mol. The second-order valence-electron chi connectivity index (χ2n) is 13.1. The van der Waals surface area contributed by atoms with Crippen molar-refractivity contribution in [2.75, 3.05) is 19.1 Å². The maximum atomic E-state index is 13.3. The molecule has 11 nitrogen and oxygen atoms in total. The van der Waals surface area contributed by atoms with Crippen molar-refractivity contribution in [1.82, 2.24) is 0 Å². The number of hydrogen-bond donors (Lipinski definition) is 1. The summed E-state index contributed by atoms with van der Waals surface area (Å²) in [5.41, 5.74) is -3.08. The quantitative estimate of drug-likeness (QED) is 0.143. The Morgan fingerprint density at radius 1 is 1.07 bits per heavy atom. The van der Waals surface area contributed by atoms with E-state index < -0.39 is 70.5 Å². The van der Waals surface area contributed by atoms with Crippen molar-refractivity contribution in [2.24, 2.45) is 22.7 Å². The van der Waals surface area contributed by atoms with E-state index >= 15 is 0 Å². The first-order chi connectivity index (χ1) is 21.5. The summed E-state index contributed by atoms with van der Waals surface area (Å²) in [6.45, 7) is 12.5. The van der Waals surface area contributed by atoms with Gasteiger partial charge in [-0.05, 0) is 64.7 Å². The highest BCUT2D eigenvalue weighted by Gasteiger charge is 2.73. The van der Waals surface area contributed by atoms with Crippen LogP contribution in [0.25, 0.3) is 0 Å². The number of ether oxygens (including phenoxy) is 5. The van der Waals surface area contributed by atoms with Crippen LogP contribution in [-0.4, -0.2) is 78.0 Å². The minimum atomic E-state index is -1.74. The Morgan fingerprint density at radius 3 is 2.22 bits per heavy atom. The zero-order valence-corrected chi connectivity index (χ0v) is 28.7. The minimum Gasteiger partial charge on any atom is -0.465 e. The second kappa shape index (κ2) is 14.7. The van der Waals surface area contributed by atoms with Gasteiger partial charge in [0.05, 0.1) is 16.9 Å². The Labute approximate surface area is 275 Å². The fourth-order valence-electron chi connectivity index (χ4n) is 7.47. The summed E-state index contributed by atoms with van der Waals surface area (Å²) >= 11 is 6.56. The zero-order chi connectivity index (χ0) is 34.6. The number of esters is 5. The van der Waals surface area contributed by atoms with Crippen LogP contribution in [0.3, 0.4) is 0 Å². The highest BCUT2D eigenvalue weighted by atomic mass is 35.5. The van der Waals surface area contributed by atoms with Gasteiger partial charge in [-0.2, -0.15) is 0 Å². The molecule has 0 aromatic rings. The van der Waals surface area contributed by atoms with Crippen LogP contribution in [-0.2, 0) is 47.7 Å². The molecule has 3 aliphatic rings. The molecule has 1 heterocycles. The van der Waals surface area contributed by atoms with Gasteiger partial charge < -0.3 is 28.8 Å². The van der Waals surface area contributed by atoms with Crippen molar-refractivity contribution in [3.05, 3.63) is 34.9 Å². The van der Waals surface area contributed by atoms with E-state index in [-0.39, 0.29) is 50.7 Å². The molecule has 3 rings (SSSR count). The molecule has 46 heavy (non-hydrogen) atoms. The number of halogens is 1. The number of cyclic esters (lactones) is 1. The summed E-state index contributed by atoms with van der Waals surface area (Å²) in [6.07, 6.45) is 2.30. The van der Waals surface area contributed by atoms with E-state index in [1.165, 1.54) is 19.9 Å². The van der Waals surface area contributed by atoms with E-state index in [0.29, 0.717) is 16.7 Å². The fraction of sp³-hybridized carbons (Fsp3) is 0.676. The van der Waals surface area contributed by atoms with Crippen molar-refractivity contribution in [2.45, 2.75) is 105 Å². The molecule has 2 aliphatic carbocycles. The first-order valence-corrected chi connectivity index (χ1v) is 16.2. The largest absolute Gasteiger partial charge is 0.465 e. The standard InChI is InChI=1S/C34H47ClO11/c1-9-19(3)30(39)45-25-11-12-33(41,17-35)34(18-43-22(6)36)27(44-23(7)37)13-21(5)32(8,29(25)34)15-26(24-14-28(38)42-16-24)46-31(40)20(4)10-2/h9-10,14,21,25-27,29,41H,11-13,15-18H2,1-8H3. The maximum absolute atomic E-state index is 13.3. The number of alkyl halides is 1. The Morgan fingerprint density at radius 2 is 1.70 bits per heavy atom. The van der Waals surface area contributed by atoms with Gasteiger partial charge in [-0.1, -0.05) is 26.0 Å². The van der Waals surface area contributed by atoms with Crippen molar-refractivity contribution in [3.63, 3.8) is 0 Å². The van der Waals surface area contributed by atoms with Crippen LogP contribution in [0.2, 0.25) is 0 Å². The number of rotatable bonds is 11. The van der Waals surface area contributed by atoms with Crippen LogP contribution in [0.15, 0.2) is 34.9 Å². The Bertz CT molecular complexity index is 1320. The molecule has 0 saturated heterocycles. The molecule has 0 radical (unpaired) electrons. The lowest BCUT2D eigenvalue weighted by Crippen LogP contribution is -2.74. The maximum Gasteiger partial charge on any atom is 0.333 e. The monoisotopic (exact) mass is 666 g/mol. The number of fused-ring (bicyclic) bond motifs is 1. The van der Waals surface area contributed by atoms with Crippen LogP contribution in [0.1, 0.15) is 81.1 Å². The molecule has 256 valence electrons. The van der Waals surface area contributed by atoms with Crippen molar-refractivity contribution < 1.29 is 52.8 Å². The summed E-state index contributed by atoms with van der Waals surface area (Å²) in [7, 11) is 0. The number of carbonyl (C=O) groups is 5. The molecule has 8 unspecified atom stereocenters. The lowest BCUT2D eigenvalue weighted by Gasteiger charge is -2.67. The van der Waals surface area contributed by atoms with Crippen molar-refractivity contribution >= 4 is 41.4 Å². The zero-order valence-electron chi connectivity index (χ0n) is 28.0. The lowest BCUT2D eigenvalue weighted by molar-refractivity contribution is -0.293. The third-order valence-electron chi connectivity index (χ3n) is 10.4. The molecule has 2 fully saturated rings. The summed E-state index contributed by atoms with van der Waals surface area (Å²) in [6, 6.07) is 0. The first-order valence-electron chi connectivity index (χ1n) is 15.6. The van der Waals surface area contributed by atoms with Gasteiger partial charge in [0.15, 0.2) is 0 Å². The average Bonchev–Trinajstić information content (AvgIpc) is 3.44. The van der Waals surface area contributed by atoms with Gasteiger partial charge in [-0.3, -0.25) is 9.59 Å². The van der Waals surface area contributed by atoms with Gasteiger partial charge in [-0.25, -0.2) is 14.4 Å². The fourth-order valence-corrected chi connectivity index (χ4v) is 7.85. The van der Waals surface area contributed by atoms with E-state index in [4.69, 9.17) is 35.3 Å². The number of allylic oxidation sites excluding steroid dienone is 2. The van der Waals surface area contributed by atoms with Gasteiger partial charge in [0, 0.05) is 42.6 Å². The smallest absolute Gasteiger partial charge is 0.333 e. The van der Waals surface area contributed by atoms with Gasteiger partial charge in [0.2, 0.25) is 0 Å². The van der Waals surface area contributed by atoms with Crippen LogP contribution in [0.4, 0.5) is 0 Å². The topological polar surface area (TPSA) is 152 Å².